The second-order valence-corrected chi connectivity index (χ2v) is 12.1. The van der Waals surface area contributed by atoms with E-state index in [0.717, 1.165) is 27.8 Å². The van der Waals surface area contributed by atoms with Crippen molar-refractivity contribution in [3.8, 4) is 23.8 Å². The molecule has 0 amide bonds. The third kappa shape index (κ3) is 13.9. The molecule has 0 spiro atoms. The smallest absolute Gasteiger partial charge is 1.00 e. The molecule has 170 valence electrons. The molecule has 7 nitrogen and oxygen atoms in total. The molecule has 4 aromatic rings. The van der Waals surface area contributed by atoms with E-state index in [-0.39, 0.29) is 118 Å². The van der Waals surface area contributed by atoms with Crippen LogP contribution in [0.1, 0.15) is 20.2 Å². The van der Waals surface area contributed by atoms with Crippen LogP contribution < -0.4 is 108 Å². The van der Waals surface area contributed by atoms with Crippen LogP contribution >= 0.6 is 0 Å². The number of hydrogen-bond acceptors (Lipinski definition) is 7. The number of hydrogen-bond donors (Lipinski definition) is 0. The maximum absolute atomic E-state index is 8.64. The van der Waals surface area contributed by atoms with E-state index >= 15 is 0 Å². The molecule has 10 heteroatoms. The van der Waals surface area contributed by atoms with Gasteiger partial charge in [0.25, 0.3) is 6.47 Å². The minimum Gasteiger partial charge on any atom is -1.00 e. The third-order valence-corrected chi connectivity index (χ3v) is 4.54. The van der Waals surface area contributed by atoms with E-state index in [9.17, 15) is 0 Å². The largest absolute Gasteiger partial charge is 1.00 e. The SMILES string of the molecule is C.C#Cc1ccc2ncccc2n1.C[Si](C)(C)C#Cc1ccc2ncccc2n1.O=CO[O-].[H-].[K+].[K+]. The van der Waals surface area contributed by atoms with Crippen molar-refractivity contribution in [2.45, 2.75) is 27.1 Å². The summed E-state index contributed by atoms with van der Waals surface area (Å²) in [6.45, 7) is 6.49. The Morgan fingerprint density at radius 3 is 1.77 bits per heavy atom. The first-order chi connectivity index (χ1) is 15.4. The van der Waals surface area contributed by atoms with Gasteiger partial charge < -0.3 is 11.6 Å². The van der Waals surface area contributed by atoms with Crippen LogP contribution in [-0.2, 0) is 9.68 Å². The number of aromatic nitrogens is 4. The van der Waals surface area contributed by atoms with Gasteiger partial charge in [0, 0.05) is 12.4 Å². The molecule has 0 bridgehead atoms. The fourth-order valence-corrected chi connectivity index (χ4v) is 2.82. The van der Waals surface area contributed by atoms with E-state index in [1.54, 1.807) is 18.5 Å². The monoisotopic (exact) mass is 536 g/mol. The van der Waals surface area contributed by atoms with Crippen molar-refractivity contribution in [3.63, 3.8) is 0 Å². The molecule has 0 N–H and O–H groups in total. The minimum absolute atomic E-state index is 0. The molecule has 35 heavy (non-hydrogen) atoms. The van der Waals surface area contributed by atoms with Crippen LogP contribution in [0.2, 0.25) is 19.6 Å². The standard InChI is InChI=1S/C13H14N2Si.C10H6N2.CH2O3.CH4.2K.H/c1-16(2,3)10-8-11-6-7-12-13(15-11)5-4-9-14-12;1-2-8-5-6-9-10(12-8)4-3-7-11-9;2-1-4-3;;;;/h4-7,9H,1-3H3;1,3-7H;1,3H;1H4;;;/q;;;;2*+1;-1/p-1. The van der Waals surface area contributed by atoms with Crippen LogP contribution in [0, 0.1) is 23.8 Å². The Morgan fingerprint density at radius 2 is 1.34 bits per heavy atom. The summed E-state index contributed by atoms with van der Waals surface area (Å²) >= 11 is 0. The van der Waals surface area contributed by atoms with Gasteiger partial charge in [0.05, 0.1) is 22.1 Å². The molecule has 0 aliphatic heterocycles. The first-order valence-electron chi connectivity index (χ1n) is 9.52. The molecule has 0 fully saturated rings. The van der Waals surface area contributed by atoms with Gasteiger partial charge in [0.2, 0.25) is 0 Å². The maximum Gasteiger partial charge on any atom is 1.00 e. The molecule has 0 saturated heterocycles. The van der Waals surface area contributed by atoms with Crippen LogP contribution in [-0.4, -0.2) is 34.5 Å². The molecule has 4 rings (SSSR count). The van der Waals surface area contributed by atoms with Crippen molar-refractivity contribution in [2.75, 3.05) is 0 Å². The van der Waals surface area contributed by atoms with Crippen molar-refractivity contribution < 1.29 is 119 Å². The fraction of sp³-hybridized carbons (Fsp3) is 0.160. The van der Waals surface area contributed by atoms with Gasteiger partial charge in [0.15, 0.2) is 0 Å². The zero-order valence-corrected chi connectivity index (χ0v) is 27.2. The van der Waals surface area contributed by atoms with Gasteiger partial charge in [-0.25, -0.2) is 9.97 Å². The quantitative estimate of drug-likeness (QED) is 0.0884. The number of nitrogens with zero attached hydrogens (tertiary/aromatic N) is 4. The van der Waals surface area contributed by atoms with E-state index in [2.05, 4.69) is 61.8 Å². The summed E-state index contributed by atoms with van der Waals surface area (Å²) in [4.78, 5) is 28.3. The third-order valence-electron chi connectivity index (χ3n) is 3.67. The van der Waals surface area contributed by atoms with E-state index < -0.39 is 8.07 Å². The average molecular weight is 537 g/mol. The van der Waals surface area contributed by atoms with Crippen LogP contribution in [0.25, 0.3) is 22.1 Å². The molecular formula is C25H26K2N4O3Si. The predicted molar refractivity (Wildman–Crippen MR) is 132 cm³/mol. The van der Waals surface area contributed by atoms with Crippen LogP contribution in [0.5, 0.6) is 0 Å². The first-order valence-corrected chi connectivity index (χ1v) is 13.0. The Bertz CT molecular complexity index is 1320. The summed E-state index contributed by atoms with van der Waals surface area (Å²) in [5.74, 6) is 5.63. The second-order valence-electron chi connectivity index (χ2n) is 7.31. The Labute approximate surface area is 294 Å². The molecule has 0 aliphatic rings. The summed E-state index contributed by atoms with van der Waals surface area (Å²) in [7, 11) is -1.32. The fourth-order valence-electron chi connectivity index (χ4n) is 2.32. The van der Waals surface area contributed by atoms with Crippen molar-refractivity contribution in [1.29, 1.82) is 0 Å². The maximum atomic E-state index is 8.64. The van der Waals surface area contributed by atoms with Gasteiger partial charge in [0.1, 0.15) is 19.5 Å². The Morgan fingerprint density at radius 1 is 0.886 bits per heavy atom. The number of pyridine rings is 4. The zero-order valence-electron chi connectivity index (χ0n) is 20.9. The Kier molecular flexibility index (Phi) is 20.0. The number of carbonyl (C=O) groups is 1. The van der Waals surface area contributed by atoms with E-state index in [1.807, 2.05) is 42.5 Å². The summed E-state index contributed by atoms with van der Waals surface area (Å²) in [5, 5.41) is 8.43. The molecule has 0 radical (unpaired) electrons. The topological polar surface area (TPSA) is 101 Å². The molecule has 4 heterocycles. The number of terminal acetylenes is 1. The summed E-state index contributed by atoms with van der Waals surface area (Å²) in [6.07, 6.45) is 8.72. The number of rotatable bonds is 1. The molecule has 0 unspecified atom stereocenters. The Hall–Kier alpha value is -0.840. The van der Waals surface area contributed by atoms with Crippen molar-refractivity contribution in [2.24, 2.45) is 0 Å². The molecule has 0 atom stereocenters. The molecule has 4 aromatic heterocycles. The van der Waals surface area contributed by atoms with Crippen molar-refractivity contribution in [1.82, 2.24) is 19.9 Å². The number of fused-ring (bicyclic) bond motifs is 2. The summed E-state index contributed by atoms with van der Waals surface area (Å²) < 4.78 is 0. The van der Waals surface area contributed by atoms with Gasteiger partial charge in [-0.3, -0.25) is 14.8 Å². The first kappa shape index (κ1) is 36.3. The van der Waals surface area contributed by atoms with Crippen LogP contribution in [0.4, 0.5) is 0 Å². The van der Waals surface area contributed by atoms with Crippen LogP contribution in [0.15, 0.2) is 60.9 Å². The van der Waals surface area contributed by atoms with Gasteiger partial charge in [-0.2, -0.15) is 0 Å². The second kappa shape index (κ2) is 19.3. The van der Waals surface area contributed by atoms with Crippen molar-refractivity contribution in [3.05, 3.63) is 72.3 Å². The summed E-state index contributed by atoms with van der Waals surface area (Å²) in [5.41, 5.74) is 8.33. The minimum atomic E-state index is -1.32. The van der Waals surface area contributed by atoms with Crippen molar-refractivity contribution >= 4 is 36.6 Å². The molecule has 0 saturated carbocycles. The Balaban J connectivity index is -0.000000490. The molecule has 0 aliphatic carbocycles. The average Bonchev–Trinajstić information content (AvgIpc) is 2.82. The van der Waals surface area contributed by atoms with Gasteiger partial charge in [-0.1, -0.05) is 38.9 Å². The molecular weight excluding hydrogens is 511 g/mol. The molecule has 0 aromatic carbocycles. The summed E-state index contributed by atoms with van der Waals surface area (Å²) in [6, 6.07) is 15.2. The predicted octanol–water partition coefficient (Wildman–Crippen LogP) is -2.34. The normalized spacial score (nSPS) is 8.89. The number of carbonyl (C=O) groups excluding carboxylic acids is 1. The zero-order chi connectivity index (χ0) is 23.4. The van der Waals surface area contributed by atoms with Gasteiger partial charge in [-0.15, -0.1) is 12.0 Å². The van der Waals surface area contributed by atoms with E-state index in [1.165, 1.54) is 0 Å². The van der Waals surface area contributed by atoms with E-state index in [4.69, 9.17) is 16.5 Å². The van der Waals surface area contributed by atoms with Crippen LogP contribution in [0.3, 0.4) is 0 Å². The van der Waals surface area contributed by atoms with E-state index in [0.29, 0.717) is 5.69 Å². The van der Waals surface area contributed by atoms with Gasteiger partial charge >= 0.3 is 103 Å². The van der Waals surface area contributed by atoms with Gasteiger partial charge in [-0.05, 0) is 48.5 Å².